The summed E-state index contributed by atoms with van der Waals surface area (Å²) in [6, 6.07) is 3.26. The molecule has 1 aromatic rings. The van der Waals surface area contributed by atoms with Gasteiger partial charge in [0, 0.05) is 5.75 Å². The third-order valence-corrected chi connectivity index (χ3v) is 6.77. The Morgan fingerprint density at radius 2 is 1.80 bits per heavy atom. The second-order valence-electron chi connectivity index (χ2n) is 4.01. The van der Waals surface area contributed by atoms with Crippen LogP contribution in [0.4, 0.5) is 0 Å². The van der Waals surface area contributed by atoms with Crippen molar-refractivity contribution in [3.63, 3.8) is 0 Å². The van der Waals surface area contributed by atoms with Gasteiger partial charge in [-0.25, -0.2) is 21.6 Å². The summed E-state index contributed by atoms with van der Waals surface area (Å²) in [5, 5.41) is 8.69. The zero-order chi connectivity index (χ0) is 15.6. The monoisotopic (exact) mass is 340 g/mol. The van der Waals surface area contributed by atoms with Gasteiger partial charge in [0.05, 0.1) is 27.0 Å². The van der Waals surface area contributed by atoms with Crippen LogP contribution < -0.4 is 0 Å². The van der Waals surface area contributed by atoms with Crippen molar-refractivity contribution in [2.75, 3.05) is 17.3 Å². The van der Waals surface area contributed by atoms with Crippen LogP contribution in [0.1, 0.15) is 17.3 Å². The number of benzene rings is 1. The van der Waals surface area contributed by atoms with Gasteiger partial charge in [-0.15, -0.1) is 0 Å². The van der Waals surface area contributed by atoms with Gasteiger partial charge in [0.25, 0.3) is 0 Å². The fraction of sp³-hybridized carbons (Fsp3) is 0.364. The zero-order valence-electron chi connectivity index (χ0n) is 10.5. The summed E-state index contributed by atoms with van der Waals surface area (Å²) in [7, 11) is -7.40. The van der Waals surface area contributed by atoms with Gasteiger partial charge in [-0.1, -0.05) is 18.5 Å². The maximum atomic E-state index is 12.0. The number of halogens is 1. The van der Waals surface area contributed by atoms with Gasteiger partial charge in [0.2, 0.25) is 0 Å². The number of rotatable bonds is 6. The van der Waals surface area contributed by atoms with Gasteiger partial charge in [-0.3, -0.25) is 0 Å². The summed E-state index contributed by atoms with van der Waals surface area (Å²) in [5.74, 6) is -2.61. The molecule has 20 heavy (non-hydrogen) atoms. The highest BCUT2D eigenvalue weighted by atomic mass is 35.5. The highest BCUT2D eigenvalue weighted by Crippen LogP contribution is 2.24. The standard InChI is InChI=1S/C11H13ClO6S2/c1-2-19(15,16)5-6-20(17,18)10-7-8(11(13)14)3-4-9(10)12/h3-4,7H,2,5-6H2,1H3,(H,13,14). The number of carboxylic acid groups (broad SMARTS) is 1. The highest BCUT2D eigenvalue weighted by Gasteiger charge is 2.22. The molecule has 0 saturated carbocycles. The molecule has 0 radical (unpaired) electrons. The van der Waals surface area contributed by atoms with Crippen LogP contribution in [-0.2, 0) is 19.7 Å². The van der Waals surface area contributed by atoms with E-state index in [4.69, 9.17) is 16.7 Å². The van der Waals surface area contributed by atoms with Gasteiger partial charge < -0.3 is 5.11 Å². The minimum Gasteiger partial charge on any atom is -0.478 e. The molecule has 0 unspecified atom stereocenters. The maximum Gasteiger partial charge on any atom is 0.335 e. The first-order chi connectivity index (χ1) is 9.09. The van der Waals surface area contributed by atoms with Crippen molar-refractivity contribution in [2.45, 2.75) is 11.8 Å². The fourth-order valence-electron chi connectivity index (χ4n) is 1.37. The molecular formula is C11H13ClO6S2. The van der Waals surface area contributed by atoms with Gasteiger partial charge >= 0.3 is 5.97 Å². The maximum absolute atomic E-state index is 12.0. The Morgan fingerprint density at radius 3 is 2.30 bits per heavy atom. The second-order valence-corrected chi connectivity index (χ2v) is 8.96. The summed E-state index contributed by atoms with van der Waals surface area (Å²) in [5.41, 5.74) is -0.230. The molecule has 0 amide bonds. The van der Waals surface area contributed by atoms with E-state index < -0.39 is 37.1 Å². The molecule has 1 aromatic carbocycles. The average molecular weight is 341 g/mol. The number of hydrogen-bond donors (Lipinski definition) is 1. The number of carboxylic acids is 1. The van der Waals surface area contributed by atoms with Gasteiger partial charge in [-0.2, -0.15) is 0 Å². The SMILES string of the molecule is CCS(=O)(=O)CCS(=O)(=O)c1cc(C(=O)O)ccc1Cl. The van der Waals surface area contributed by atoms with Crippen molar-refractivity contribution in [2.24, 2.45) is 0 Å². The third kappa shape index (κ3) is 4.19. The summed E-state index contributed by atoms with van der Waals surface area (Å²) in [4.78, 5) is 10.5. The van der Waals surface area contributed by atoms with E-state index in [9.17, 15) is 21.6 Å². The van der Waals surface area contributed by atoms with E-state index in [1.165, 1.54) is 13.0 Å². The summed E-state index contributed by atoms with van der Waals surface area (Å²) >= 11 is 5.75. The van der Waals surface area contributed by atoms with Gasteiger partial charge in [0.15, 0.2) is 19.7 Å². The third-order valence-electron chi connectivity index (χ3n) is 2.62. The van der Waals surface area contributed by atoms with Crippen LogP contribution in [-0.4, -0.2) is 45.2 Å². The molecule has 112 valence electrons. The van der Waals surface area contributed by atoms with E-state index in [-0.39, 0.29) is 21.2 Å². The Hall–Kier alpha value is -1.12. The molecule has 1 N–H and O–H groups in total. The van der Waals surface area contributed by atoms with Gasteiger partial charge in [0.1, 0.15) is 0 Å². The Bertz CT molecular complexity index is 721. The topological polar surface area (TPSA) is 106 Å². The molecule has 0 aliphatic heterocycles. The molecule has 0 heterocycles. The van der Waals surface area contributed by atoms with Crippen LogP contribution in [0, 0.1) is 0 Å². The normalized spacial score (nSPS) is 12.3. The predicted molar refractivity (Wildman–Crippen MR) is 74.8 cm³/mol. The van der Waals surface area contributed by atoms with Crippen molar-refractivity contribution >= 4 is 37.2 Å². The Labute approximate surface area is 122 Å². The fourth-order valence-corrected chi connectivity index (χ4v) is 4.91. The molecule has 0 aliphatic carbocycles. The lowest BCUT2D eigenvalue weighted by Gasteiger charge is -2.07. The minimum absolute atomic E-state index is 0.135. The van der Waals surface area contributed by atoms with Crippen molar-refractivity contribution < 1.29 is 26.7 Å². The lowest BCUT2D eigenvalue weighted by Crippen LogP contribution is -2.19. The first kappa shape index (κ1) is 16.9. The van der Waals surface area contributed by atoms with Crippen molar-refractivity contribution in [3.8, 4) is 0 Å². The number of carbonyl (C=O) groups is 1. The Morgan fingerprint density at radius 1 is 1.20 bits per heavy atom. The Kier molecular flexibility index (Phi) is 5.17. The molecule has 0 atom stereocenters. The molecule has 0 spiro atoms. The minimum atomic E-state index is -3.96. The smallest absolute Gasteiger partial charge is 0.335 e. The largest absolute Gasteiger partial charge is 0.478 e. The molecule has 1 rings (SSSR count). The van der Waals surface area contributed by atoms with Crippen LogP contribution in [0.5, 0.6) is 0 Å². The van der Waals surface area contributed by atoms with Crippen LogP contribution in [0.2, 0.25) is 5.02 Å². The molecular weight excluding hydrogens is 328 g/mol. The Balaban J connectivity index is 3.16. The van der Waals surface area contributed by atoms with Crippen LogP contribution in [0.3, 0.4) is 0 Å². The van der Waals surface area contributed by atoms with Gasteiger partial charge in [-0.05, 0) is 18.2 Å². The van der Waals surface area contributed by atoms with E-state index in [0.717, 1.165) is 12.1 Å². The van der Waals surface area contributed by atoms with Crippen molar-refractivity contribution in [1.29, 1.82) is 0 Å². The molecule has 0 fully saturated rings. The molecule has 6 nitrogen and oxygen atoms in total. The van der Waals surface area contributed by atoms with E-state index >= 15 is 0 Å². The van der Waals surface area contributed by atoms with Crippen LogP contribution >= 0.6 is 11.6 Å². The zero-order valence-corrected chi connectivity index (χ0v) is 12.9. The predicted octanol–water partition coefficient (Wildman–Crippen LogP) is 1.25. The number of aromatic carboxylic acids is 1. The lowest BCUT2D eigenvalue weighted by molar-refractivity contribution is 0.0696. The number of sulfone groups is 2. The van der Waals surface area contributed by atoms with Crippen LogP contribution in [0.25, 0.3) is 0 Å². The van der Waals surface area contributed by atoms with E-state index in [0.29, 0.717) is 0 Å². The quantitative estimate of drug-likeness (QED) is 0.835. The molecule has 0 bridgehead atoms. The highest BCUT2D eigenvalue weighted by molar-refractivity contribution is 7.95. The number of hydrogen-bond acceptors (Lipinski definition) is 5. The van der Waals surface area contributed by atoms with Crippen molar-refractivity contribution in [3.05, 3.63) is 28.8 Å². The molecule has 0 aliphatic rings. The average Bonchev–Trinajstić information content (AvgIpc) is 2.37. The summed E-state index contributed by atoms with van der Waals surface area (Å²) < 4.78 is 46.8. The first-order valence-corrected chi connectivity index (χ1v) is 9.40. The molecule has 9 heteroatoms. The van der Waals surface area contributed by atoms with Crippen LogP contribution in [0.15, 0.2) is 23.1 Å². The van der Waals surface area contributed by atoms with E-state index in [1.807, 2.05) is 0 Å². The first-order valence-electron chi connectivity index (χ1n) is 5.55. The lowest BCUT2D eigenvalue weighted by atomic mass is 10.2. The van der Waals surface area contributed by atoms with Crippen molar-refractivity contribution in [1.82, 2.24) is 0 Å². The molecule has 0 aromatic heterocycles. The van der Waals surface area contributed by atoms with E-state index in [1.54, 1.807) is 0 Å². The summed E-state index contributed by atoms with van der Waals surface area (Å²) in [6.45, 7) is 1.42. The van der Waals surface area contributed by atoms with E-state index in [2.05, 4.69) is 0 Å². The second kappa shape index (κ2) is 6.11. The molecule has 0 saturated heterocycles. The summed E-state index contributed by atoms with van der Waals surface area (Å²) in [6.07, 6.45) is 0.